The van der Waals surface area contributed by atoms with E-state index >= 15 is 0 Å². The highest BCUT2D eigenvalue weighted by molar-refractivity contribution is 7.17. The number of halogens is 3. The zero-order chi connectivity index (χ0) is 19.8. The van der Waals surface area contributed by atoms with Gasteiger partial charge in [0.05, 0.1) is 22.6 Å². The summed E-state index contributed by atoms with van der Waals surface area (Å²) in [5.41, 5.74) is -0.562. The average Bonchev–Trinajstić information content (AvgIpc) is 3.07. The predicted octanol–water partition coefficient (Wildman–Crippen LogP) is 4.58. The molecule has 0 aliphatic heterocycles. The lowest BCUT2D eigenvalue weighted by molar-refractivity contribution is -0.137. The van der Waals surface area contributed by atoms with Crippen LogP contribution in [0.2, 0.25) is 0 Å². The molecule has 0 unspecified atom stereocenters. The number of alkyl halides is 3. The maximum Gasteiger partial charge on any atom is 0.418 e. The van der Waals surface area contributed by atoms with Gasteiger partial charge in [-0.3, -0.25) is 9.20 Å². The van der Waals surface area contributed by atoms with Gasteiger partial charge in [0.15, 0.2) is 4.96 Å². The number of hydrogen-bond donors (Lipinski definition) is 1. The largest absolute Gasteiger partial charge is 0.418 e. The number of fused-ring (bicyclic) bond motifs is 1. The van der Waals surface area contributed by atoms with E-state index in [1.807, 2.05) is 13.1 Å². The number of nitrogens with zero attached hydrogens (tertiary/aromatic N) is 3. The number of aromatic nitrogens is 2. The number of para-hydroxylation sites is 1. The number of aryl methyl sites for hydroxylation is 2. The summed E-state index contributed by atoms with van der Waals surface area (Å²) in [6.07, 6.45) is -1.48. The first-order valence-corrected chi connectivity index (χ1v) is 8.57. The molecule has 1 amide bonds. The fourth-order valence-electron chi connectivity index (χ4n) is 2.57. The van der Waals surface area contributed by atoms with Gasteiger partial charge in [0, 0.05) is 11.1 Å². The lowest BCUT2D eigenvalue weighted by Crippen LogP contribution is -2.17. The van der Waals surface area contributed by atoms with E-state index in [0.29, 0.717) is 16.3 Å². The molecule has 138 valence electrons. The van der Waals surface area contributed by atoms with Gasteiger partial charge < -0.3 is 5.32 Å². The summed E-state index contributed by atoms with van der Waals surface area (Å²) in [7, 11) is 0. The van der Waals surface area contributed by atoms with E-state index in [1.165, 1.54) is 29.5 Å². The maximum atomic E-state index is 13.1. The molecule has 0 fully saturated rings. The van der Waals surface area contributed by atoms with E-state index in [0.717, 1.165) is 17.0 Å². The molecule has 0 saturated heterocycles. The molecule has 0 bridgehead atoms. The van der Waals surface area contributed by atoms with Crippen molar-refractivity contribution in [2.75, 3.05) is 5.32 Å². The number of amides is 1. The summed E-state index contributed by atoms with van der Waals surface area (Å²) >= 11 is 1.45. The van der Waals surface area contributed by atoms with Crippen molar-refractivity contribution in [3.05, 3.63) is 57.9 Å². The Morgan fingerprint density at radius 2 is 2.04 bits per heavy atom. The van der Waals surface area contributed by atoms with Gasteiger partial charge in [0.2, 0.25) is 0 Å². The molecule has 0 spiro atoms. The van der Waals surface area contributed by atoms with Crippen molar-refractivity contribution in [3.63, 3.8) is 0 Å². The molecule has 0 radical (unpaired) electrons. The SMILES string of the molecule is Cc1cn2c(C=C(C#N)C(=O)Nc3ccccc3C(F)(F)F)c(C)nc2s1. The van der Waals surface area contributed by atoms with Gasteiger partial charge in [-0.15, -0.1) is 11.3 Å². The fourth-order valence-corrected chi connectivity index (χ4v) is 3.45. The molecular formula is C18H13F3N4OS. The summed E-state index contributed by atoms with van der Waals surface area (Å²) in [5, 5.41) is 11.5. The highest BCUT2D eigenvalue weighted by Gasteiger charge is 2.33. The standard InChI is InChI=1S/C18H13F3N4OS/c1-10-9-25-15(11(2)23-17(25)27-10)7-12(8-22)16(26)24-14-6-4-3-5-13(14)18(19,20)21/h3-7,9H,1-2H3,(H,24,26). The smallest absolute Gasteiger partial charge is 0.321 e. The molecular weight excluding hydrogens is 377 g/mol. The zero-order valence-corrected chi connectivity index (χ0v) is 15.1. The summed E-state index contributed by atoms with van der Waals surface area (Å²) in [6, 6.07) is 6.35. The number of nitriles is 1. The number of carbonyl (C=O) groups is 1. The Bertz CT molecular complexity index is 1100. The van der Waals surface area contributed by atoms with Crippen molar-refractivity contribution < 1.29 is 18.0 Å². The molecule has 9 heteroatoms. The molecule has 1 N–H and O–H groups in total. The molecule has 0 aliphatic carbocycles. The number of imidazole rings is 1. The highest BCUT2D eigenvalue weighted by atomic mass is 32.1. The second-order valence-electron chi connectivity index (χ2n) is 5.74. The third-order valence-corrected chi connectivity index (χ3v) is 4.69. The van der Waals surface area contributed by atoms with Crippen LogP contribution >= 0.6 is 11.3 Å². The number of carbonyl (C=O) groups excluding carboxylic acids is 1. The fraction of sp³-hybridized carbons (Fsp3) is 0.167. The van der Waals surface area contributed by atoms with Crippen LogP contribution < -0.4 is 5.32 Å². The number of anilines is 1. The molecule has 3 aromatic rings. The van der Waals surface area contributed by atoms with Gasteiger partial charge in [-0.25, -0.2) is 4.98 Å². The van der Waals surface area contributed by atoms with E-state index in [9.17, 15) is 23.2 Å². The van der Waals surface area contributed by atoms with Crippen LogP contribution in [-0.4, -0.2) is 15.3 Å². The van der Waals surface area contributed by atoms with Gasteiger partial charge in [0.1, 0.15) is 11.6 Å². The van der Waals surface area contributed by atoms with Crippen molar-refractivity contribution in [1.29, 1.82) is 5.26 Å². The molecule has 2 aromatic heterocycles. The summed E-state index contributed by atoms with van der Waals surface area (Å²) in [6.45, 7) is 3.63. The Morgan fingerprint density at radius 1 is 1.33 bits per heavy atom. The Labute approximate surface area is 156 Å². The minimum Gasteiger partial charge on any atom is -0.321 e. The second-order valence-corrected chi connectivity index (χ2v) is 6.96. The molecule has 0 atom stereocenters. The Hall–Kier alpha value is -3.12. The first kappa shape index (κ1) is 18.7. The molecule has 2 heterocycles. The van der Waals surface area contributed by atoms with Crippen molar-refractivity contribution in [3.8, 4) is 6.07 Å². The lowest BCUT2D eigenvalue weighted by Gasteiger charge is -2.13. The molecule has 1 aromatic carbocycles. The highest BCUT2D eigenvalue weighted by Crippen LogP contribution is 2.34. The van der Waals surface area contributed by atoms with Crippen molar-refractivity contribution >= 4 is 34.0 Å². The summed E-state index contributed by atoms with van der Waals surface area (Å²) < 4.78 is 41.0. The number of hydrogen-bond acceptors (Lipinski definition) is 4. The average molecular weight is 390 g/mol. The number of benzene rings is 1. The first-order valence-electron chi connectivity index (χ1n) is 7.75. The van der Waals surface area contributed by atoms with Crippen molar-refractivity contribution in [1.82, 2.24) is 9.38 Å². The lowest BCUT2D eigenvalue weighted by atomic mass is 10.1. The minimum atomic E-state index is -4.62. The Kier molecular flexibility index (Phi) is 4.76. The third kappa shape index (κ3) is 3.71. The third-order valence-electron chi connectivity index (χ3n) is 3.79. The van der Waals surface area contributed by atoms with Crippen LogP contribution in [-0.2, 0) is 11.0 Å². The van der Waals surface area contributed by atoms with Gasteiger partial charge >= 0.3 is 6.18 Å². The summed E-state index contributed by atoms with van der Waals surface area (Å²) in [4.78, 5) is 18.5. The van der Waals surface area contributed by atoms with Gasteiger partial charge in [0.25, 0.3) is 5.91 Å². The molecule has 5 nitrogen and oxygen atoms in total. The predicted molar refractivity (Wildman–Crippen MR) is 96.2 cm³/mol. The Morgan fingerprint density at radius 3 is 2.70 bits per heavy atom. The van der Waals surface area contributed by atoms with E-state index in [2.05, 4.69) is 10.3 Å². The normalized spacial score (nSPS) is 12.2. The Balaban J connectivity index is 1.97. The van der Waals surface area contributed by atoms with Gasteiger partial charge in [-0.05, 0) is 32.1 Å². The van der Waals surface area contributed by atoms with Crippen LogP contribution in [0.25, 0.3) is 11.0 Å². The van der Waals surface area contributed by atoms with Crippen molar-refractivity contribution in [2.45, 2.75) is 20.0 Å². The minimum absolute atomic E-state index is 0.319. The van der Waals surface area contributed by atoms with E-state index in [1.54, 1.807) is 17.4 Å². The monoisotopic (exact) mass is 390 g/mol. The van der Waals surface area contributed by atoms with Crippen LogP contribution in [0.4, 0.5) is 18.9 Å². The quantitative estimate of drug-likeness (QED) is 0.526. The van der Waals surface area contributed by atoms with Crippen LogP contribution in [0.15, 0.2) is 36.0 Å². The number of rotatable bonds is 3. The molecule has 0 aliphatic rings. The zero-order valence-electron chi connectivity index (χ0n) is 14.3. The van der Waals surface area contributed by atoms with Crippen LogP contribution in [0.5, 0.6) is 0 Å². The summed E-state index contributed by atoms with van der Waals surface area (Å²) in [5.74, 6) is -0.921. The maximum absolute atomic E-state index is 13.1. The first-order chi connectivity index (χ1) is 12.7. The number of nitrogens with one attached hydrogen (secondary N) is 1. The van der Waals surface area contributed by atoms with E-state index < -0.39 is 23.3 Å². The van der Waals surface area contributed by atoms with Crippen molar-refractivity contribution in [2.24, 2.45) is 0 Å². The topological polar surface area (TPSA) is 70.2 Å². The van der Waals surface area contributed by atoms with Gasteiger partial charge in [-0.1, -0.05) is 12.1 Å². The molecule has 3 rings (SSSR count). The van der Waals surface area contributed by atoms with Crippen LogP contribution in [0.1, 0.15) is 21.8 Å². The van der Waals surface area contributed by atoms with E-state index in [-0.39, 0.29) is 5.57 Å². The number of thiazole rings is 1. The molecule has 27 heavy (non-hydrogen) atoms. The molecule has 0 saturated carbocycles. The van der Waals surface area contributed by atoms with Gasteiger partial charge in [-0.2, -0.15) is 18.4 Å². The van der Waals surface area contributed by atoms with E-state index in [4.69, 9.17) is 0 Å². The second kappa shape index (κ2) is 6.89. The van der Waals surface area contributed by atoms with Crippen LogP contribution in [0.3, 0.4) is 0 Å². The van der Waals surface area contributed by atoms with Crippen LogP contribution in [0, 0.1) is 25.2 Å².